The van der Waals surface area contributed by atoms with Crippen molar-refractivity contribution in [1.29, 1.82) is 0 Å². The van der Waals surface area contributed by atoms with Gasteiger partial charge in [0, 0.05) is 12.6 Å². The number of hydrogen-bond acceptors (Lipinski definition) is 3. The fraction of sp³-hybridized carbons (Fsp3) is 0.462. The molecule has 1 aromatic rings. The lowest BCUT2D eigenvalue weighted by Gasteiger charge is -2.08. The van der Waals surface area contributed by atoms with Gasteiger partial charge in [-0.3, -0.25) is 0 Å². The Morgan fingerprint density at radius 2 is 2.35 bits per heavy atom. The summed E-state index contributed by atoms with van der Waals surface area (Å²) < 4.78 is 5.54. The van der Waals surface area contributed by atoms with Gasteiger partial charge in [0.1, 0.15) is 0 Å². The fourth-order valence-electron chi connectivity index (χ4n) is 1.32. The largest absolute Gasteiger partial charge is 0.478 e. The van der Waals surface area contributed by atoms with Crippen LogP contribution in [0.3, 0.4) is 0 Å². The summed E-state index contributed by atoms with van der Waals surface area (Å²) in [5.74, 6) is 0.631. The second-order valence-electron chi connectivity index (χ2n) is 3.64. The van der Waals surface area contributed by atoms with Crippen molar-refractivity contribution in [2.45, 2.75) is 26.3 Å². The average Bonchev–Trinajstić information content (AvgIpc) is 2.35. The molecule has 0 radical (unpaired) electrons. The predicted molar refractivity (Wildman–Crippen MR) is 71.6 cm³/mol. The molecule has 4 heteroatoms. The smallest absolute Gasteiger partial charge is 0.213 e. The highest BCUT2D eigenvalue weighted by Crippen LogP contribution is 2.18. The number of nitrogens with one attached hydrogen (secondary N) is 1. The molecule has 0 aromatic carbocycles. The maximum absolute atomic E-state index is 6.04. The SMILES string of the molecule is C=CCCCOc1ccc(Cl)c(CNCC)n1. The average molecular weight is 255 g/mol. The zero-order chi connectivity index (χ0) is 12.5. The number of nitrogens with zero attached hydrogens (tertiary/aromatic N) is 1. The van der Waals surface area contributed by atoms with Crippen LogP contribution in [0.1, 0.15) is 25.5 Å². The third-order valence-electron chi connectivity index (χ3n) is 2.24. The van der Waals surface area contributed by atoms with Crippen LogP contribution in [0, 0.1) is 0 Å². The van der Waals surface area contributed by atoms with Gasteiger partial charge in [-0.15, -0.1) is 6.58 Å². The number of rotatable bonds is 8. The molecule has 0 aliphatic carbocycles. The lowest BCUT2D eigenvalue weighted by atomic mass is 10.3. The highest BCUT2D eigenvalue weighted by molar-refractivity contribution is 6.31. The maximum Gasteiger partial charge on any atom is 0.213 e. The van der Waals surface area contributed by atoms with E-state index >= 15 is 0 Å². The van der Waals surface area contributed by atoms with Crippen LogP contribution in [0.5, 0.6) is 5.88 Å². The molecule has 1 rings (SSSR count). The Bertz CT molecular complexity index is 355. The second kappa shape index (κ2) is 8.09. The molecule has 0 aliphatic rings. The van der Waals surface area contributed by atoms with Gasteiger partial charge in [-0.2, -0.15) is 0 Å². The first-order chi connectivity index (χ1) is 8.27. The van der Waals surface area contributed by atoms with E-state index in [1.165, 1.54) is 0 Å². The van der Waals surface area contributed by atoms with Gasteiger partial charge < -0.3 is 10.1 Å². The van der Waals surface area contributed by atoms with E-state index < -0.39 is 0 Å². The Kier molecular flexibility index (Phi) is 6.67. The van der Waals surface area contributed by atoms with Crippen LogP contribution in [0.25, 0.3) is 0 Å². The summed E-state index contributed by atoms with van der Waals surface area (Å²) >= 11 is 6.04. The van der Waals surface area contributed by atoms with Crippen LogP contribution in [-0.4, -0.2) is 18.1 Å². The Morgan fingerprint density at radius 1 is 1.53 bits per heavy atom. The minimum absolute atomic E-state index is 0.631. The van der Waals surface area contributed by atoms with Crippen molar-refractivity contribution in [2.24, 2.45) is 0 Å². The summed E-state index contributed by atoms with van der Waals surface area (Å²) in [6.07, 6.45) is 3.80. The summed E-state index contributed by atoms with van der Waals surface area (Å²) in [7, 11) is 0. The first-order valence-electron chi connectivity index (χ1n) is 5.87. The molecule has 3 nitrogen and oxygen atoms in total. The van der Waals surface area contributed by atoms with E-state index in [2.05, 4.69) is 16.9 Å². The molecule has 17 heavy (non-hydrogen) atoms. The molecule has 1 N–H and O–H groups in total. The van der Waals surface area contributed by atoms with Gasteiger partial charge in [0.05, 0.1) is 17.3 Å². The number of ether oxygens (including phenoxy) is 1. The summed E-state index contributed by atoms with van der Waals surface area (Å²) in [5, 5.41) is 3.86. The lowest BCUT2D eigenvalue weighted by molar-refractivity contribution is 0.299. The number of aromatic nitrogens is 1. The van der Waals surface area contributed by atoms with E-state index in [9.17, 15) is 0 Å². The predicted octanol–water partition coefficient (Wildman–Crippen LogP) is 3.19. The van der Waals surface area contributed by atoms with E-state index in [1.807, 2.05) is 19.1 Å². The highest BCUT2D eigenvalue weighted by atomic mass is 35.5. The molecule has 0 spiro atoms. The standard InChI is InChI=1S/C13H19ClN2O/c1-3-5-6-9-17-13-8-7-11(14)12(16-13)10-15-4-2/h3,7-8,15H,1,4-6,9-10H2,2H3. The van der Waals surface area contributed by atoms with E-state index in [4.69, 9.17) is 16.3 Å². The van der Waals surface area contributed by atoms with Gasteiger partial charge in [-0.1, -0.05) is 24.6 Å². The van der Waals surface area contributed by atoms with Crippen molar-refractivity contribution in [3.05, 3.63) is 35.5 Å². The maximum atomic E-state index is 6.04. The zero-order valence-corrected chi connectivity index (χ0v) is 11.0. The van der Waals surface area contributed by atoms with Crippen LogP contribution in [0.2, 0.25) is 5.02 Å². The fourth-order valence-corrected chi connectivity index (χ4v) is 1.49. The van der Waals surface area contributed by atoms with Gasteiger partial charge in [0.25, 0.3) is 0 Å². The Hall–Kier alpha value is -1.06. The number of unbranched alkanes of at least 4 members (excludes halogenated alkanes) is 1. The van der Waals surface area contributed by atoms with Crippen molar-refractivity contribution in [1.82, 2.24) is 10.3 Å². The van der Waals surface area contributed by atoms with Gasteiger partial charge >= 0.3 is 0 Å². The van der Waals surface area contributed by atoms with Crippen LogP contribution in [0.4, 0.5) is 0 Å². The number of pyridine rings is 1. The van der Waals surface area contributed by atoms with E-state index in [1.54, 1.807) is 6.07 Å². The Balaban J connectivity index is 2.51. The molecular weight excluding hydrogens is 236 g/mol. The summed E-state index contributed by atoms with van der Waals surface area (Å²) in [5.41, 5.74) is 0.828. The third kappa shape index (κ3) is 5.20. The van der Waals surface area contributed by atoms with Crippen LogP contribution in [0.15, 0.2) is 24.8 Å². The number of allylic oxidation sites excluding steroid dienone is 1. The van der Waals surface area contributed by atoms with Crippen molar-refractivity contribution in [3.63, 3.8) is 0 Å². The molecular formula is C13H19ClN2O. The first kappa shape index (κ1) is 14.0. The van der Waals surface area contributed by atoms with Crippen molar-refractivity contribution >= 4 is 11.6 Å². The normalized spacial score (nSPS) is 10.2. The molecule has 1 aromatic heterocycles. The Morgan fingerprint density at radius 3 is 3.06 bits per heavy atom. The zero-order valence-electron chi connectivity index (χ0n) is 10.2. The molecule has 0 amide bonds. The second-order valence-corrected chi connectivity index (χ2v) is 4.04. The van der Waals surface area contributed by atoms with Crippen LogP contribution >= 0.6 is 11.6 Å². The molecule has 0 unspecified atom stereocenters. The van der Waals surface area contributed by atoms with Gasteiger partial charge in [0.2, 0.25) is 5.88 Å². The van der Waals surface area contributed by atoms with Gasteiger partial charge in [-0.25, -0.2) is 4.98 Å². The summed E-state index contributed by atoms with van der Waals surface area (Å²) in [4.78, 5) is 4.36. The minimum atomic E-state index is 0.631. The topological polar surface area (TPSA) is 34.1 Å². The monoisotopic (exact) mass is 254 g/mol. The molecule has 0 fully saturated rings. The van der Waals surface area contributed by atoms with Crippen molar-refractivity contribution < 1.29 is 4.74 Å². The van der Waals surface area contributed by atoms with Crippen LogP contribution < -0.4 is 10.1 Å². The molecule has 0 bridgehead atoms. The molecule has 0 saturated carbocycles. The van der Waals surface area contributed by atoms with Crippen LogP contribution in [-0.2, 0) is 6.54 Å². The highest BCUT2D eigenvalue weighted by Gasteiger charge is 2.04. The minimum Gasteiger partial charge on any atom is -0.478 e. The van der Waals surface area contributed by atoms with Gasteiger partial charge in [0.15, 0.2) is 0 Å². The molecule has 0 aliphatic heterocycles. The first-order valence-corrected chi connectivity index (χ1v) is 6.25. The van der Waals surface area contributed by atoms with Gasteiger partial charge in [-0.05, 0) is 25.5 Å². The molecule has 94 valence electrons. The summed E-state index contributed by atoms with van der Waals surface area (Å²) in [6.45, 7) is 7.92. The van der Waals surface area contributed by atoms with Crippen molar-refractivity contribution in [3.8, 4) is 5.88 Å². The number of halogens is 1. The lowest BCUT2D eigenvalue weighted by Crippen LogP contribution is -2.13. The van der Waals surface area contributed by atoms with E-state index in [0.717, 1.165) is 25.1 Å². The quantitative estimate of drug-likeness (QED) is 0.572. The van der Waals surface area contributed by atoms with E-state index in [0.29, 0.717) is 24.1 Å². The number of hydrogen-bond donors (Lipinski definition) is 1. The Labute approximate surface area is 108 Å². The molecule has 0 atom stereocenters. The van der Waals surface area contributed by atoms with Crippen molar-refractivity contribution in [2.75, 3.05) is 13.2 Å². The van der Waals surface area contributed by atoms with E-state index in [-0.39, 0.29) is 0 Å². The third-order valence-corrected chi connectivity index (χ3v) is 2.58. The molecule has 0 saturated heterocycles. The summed E-state index contributed by atoms with van der Waals surface area (Å²) in [6, 6.07) is 3.62. The molecule has 1 heterocycles.